The lowest BCUT2D eigenvalue weighted by atomic mass is 10.1. The molecule has 0 unspecified atom stereocenters. The molecule has 0 saturated heterocycles. The highest BCUT2D eigenvalue weighted by Crippen LogP contribution is 2.20. The van der Waals surface area contributed by atoms with Crippen molar-refractivity contribution in [3.8, 4) is 0 Å². The molecular weight excluding hydrogens is 356 g/mol. The van der Waals surface area contributed by atoms with Crippen molar-refractivity contribution >= 4 is 23.3 Å². The third-order valence-corrected chi connectivity index (χ3v) is 4.51. The van der Waals surface area contributed by atoms with Crippen LogP contribution in [0.2, 0.25) is 0 Å². The Hall–Kier alpha value is -3.42. The SMILES string of the molecule is CCn1nc(C)c(NC(=O)c2cc(NC(=O)Cc3ccccc3)n(C)n2)c1C. The van der Waals surface area contributed by atoms with Gasteiger partial charge in [0.25, 0.3) is 5.91 Å². The summed E-state index contributed by atoms with van der Waals surface area (Å²) in [6.07, 6.45) is 0.252. The van der Waals surface area contributed by atoms with E-state index in [9.17, 15) is 9.59 Å². The number of hydrogen-bond donors (Lipinski definition) is 2. The zero-order valence-electron chi connectivity index (χ0n) is 16.5. The van der Waals surface area contributed by atoms with Gasteiger partial charge in [-0.25, -0.2) is 0 Å². The molecule has 3 aromatic rings. The minimum absolute atomic E-state index is 0.169. The Morgan fingerprint density at radius 1 is 1.07 bits per heavy atom. The zero-order valence-corrected chi connectivity index (χ0v) is 16.5. The number of benzene rings is 1. The van der Waals surface area contributed by atoms with E-state index in [0.29, 0.717) is 11.5 Å². The van der Waals surface area contributed by atoms with Gasteiger partial charge < -0.3 is 10.6 Å². The molecule has 0 saturated carbocycles. The molecule has 8 heteroatoms. The van der Waals surface area contributed by atoms with Crippen molar-refractivity contribution in [3.63, 3.8) is 0 Å². The summed E-state index contributed by atoms with van der Waals surface area (Å²) in [7, 11) is 1.68. The molecule has 0 aliphatic rings. The second kappa shape index (κ2) is 8.08. The van der Waals surface area contributed by atoms with E-state index in [2.05, 4.69) is 20.8 Å². The number of amides is 2. The lowest BCUT2D eigenvalue weighted by Gasteiger charge is -2.04. The Morgan fingerprint density at radius 3 is 2.43 bits per heavy atom. The first-order valence-corrected chi connectivity index (χ1v) is 9.12. The maximum absolute atomic E-state index is 12.6. The Labute approximate surface area is 163 Å². The molecule has 0 radical (unpaired) electrons. The molecule has 2 N–H and O–H groups in total. The molecule has 0 aliphatic heterocycles. The maximum Gasteiger partial charge on any atom is 0.276 e. The average molecular weight is 380 g/mol. The molecule has 146 valence electrons. The van der Waals surface area contributed by atoms with Gasteiger partial charge in [-0.2, -0.15) is 10.2 Å². The smallest absolute Gasteiger partial charge is 0.276 e. The zero-order chi connectivity index (χ0) is 20.3. The van der Waals surface area contributed by atoms with Crippen LogP contribution in [0, 0.1) is 13.8 Å². The van der Waals surface area contributed by atoms with Crippen molar-refractivity contribution in [3.05, 3.63) is 59.0 Å². The van der Waals surface area contributed by atoms with Gasteiger partial charge in [-0.15, -0.1) is 0 Å². The Bertz CT molecular complexity index is 1000. The number of hydrogen-bond acceptors (Lipinski definition) is 4. The summed E-state index contributed by atoms with van der Waals surface area (Å²) in [4.78, 5) is 24.9. The van der Waals surface area contributed by atoms with Crippen LogP contribution in [0.3, 0.4) is 0 Å². The Balaban J connectivity index is 1.70. The Morgan fingerprint density at radius 2 is 1.79 bits per heavy atom. The summed E-state index contributed by atoms with van der Waals surface area (Å²) in [6, 6.07) is 11.0. The molecule has 2 aromatic heterocycles. The fourth-order valence-electron chi connectivity index (χ4n) is 3.03. The van der Waals surface area contributed by atoms with Crippen LogP contribution in [0.1, 0.15) is 34.4 Å². The van der Waals surface area contributed by atoms with Crippen molar-refractivity contribution in [2.45, 2.75) is 33.7 Å². The standard InChI is InChI=1S/C20H24N6O2/c1-5-26-14(3)19(13(2)23-26)22-20(28)16-12-17(25(4)24-16)21-18(27)11-15-9-7-6-8-10-15/h6-10,12H,5,11H2,1-4H3,(H,21,27)(H,22,28). The number of carbonyl (C=O) groups is 2. The monoisotopic (exact) mass is 380 g/mol. The van der Waals surface area contributed by atoms with E-state index in [-0.39, 0.29) is 23.9 Å². The van der Waals surface area contributed by atoms with Crippen LogP contribution in [0.15, 0.2) is 36.4 Å². The molecule has 0 atom stereocenters. The normalized spacial score (nSPS) is 10.7. The van der Waals surface area contributed by atoms with E-state index >= 15 is 0 Å². The topological polar surface area (TPSA) is 93.8 Å². The number of aryl methyl sites for hydroxylation is 3. The van der Waals surface area contributed by atoms with Gasteiger partial charge in [-0.3, -0.25) is 19.0 Å². The Kier molecular flexibility index (Phi) is 5.58. The lowest BCUT2D eigenvalue weighted by molar-refractivity contribution is -0.115. The summed E-state index contributed by atoms with van der Waals surface area (Å²) in [5.41, 5.74) is 3.47. The second-order valence-electron chi connectivity index (χ2n) is 6.56. The minimum atomic E-state index is -0.346. The van der Waals surface area contributed by atoms with Gasteiger partial charge in [0.2, 0.25) is 5.91 Å². The molecule has 1 aromatic carbocycles. The highest BCUT2D eigenvalue weighted by Gasteiger charge is 2.18. The predicted molar refractivity (Wildman–Crippen MR) is 107 cm³/mol. The summed E-state index contributed by atoms with van der Waals surface area (Å²) in [5, 5.41) is 14.3. The average Bonchev–Trinajstić information content (AvgIpc) is 3.16. The maximum atomic E-state index is 12.6. The molecule has 0 bridgehead atoms. The molecule has 0 spiro atoms. The third kappa shape index (κ3) is 4.11. The number of aromatic nitrogens is 4. The van der Waals surface area contributed by atoms with Gasteiger partial charge in [0.15, 0.2) is 5.69 Å². The number of carbonyl (C=O) groups excluding carboxylic acids is 2. The molecule has 3 rings (SSSR count). The molecular formula is C20H24N6O2. The van der Waals surface area contributed by atoms with Crippen LogP contribution in [0.25, 0.3) is 0 Å². The molecule has 0 fully saturated rings. The minimum Gasteiger partial charge on any atom is -0.317 e. The van der Waals surface area contributed by atoms with Crippen LogP contribution in [0.4, 0.5) is 11.5 Å². The van der Waals surface area contributed by atoms with E-state index in [4.69, 9.17) is 0 Å². The molecule has 2 heterocycles. The van der Waals surface area contributed by atoms with Crippen LogP contribution >= 0.6 is 0 Å². The second-order valence-corrected chi connectivity index (χ2v) is 6.56. The molecule has 2 amide bonds. The third-order valence-electron chi connectivity index (χ3n) is 4.51. The van der Waals surface area contributed by atoms with Crippen molar-refractivity contribution in [1.29, 1.82) is 0 Å². The van der Waals surface area contributed by atoms with Crippen molar-refractivity contribution < 1.29 is 9.59 Å². The molecule has 8 nitrogen and oxygen atoms in total. The molecule has 28 heavy (non-hydrogen) atoms. The number of nitrogens with one attached hydrogen (secondary N) is 2. The quantitative estimate of drug-likeness (QED) is 0.687. The van der Waals surface area contributed by atoms with Crippen LogP contribution in [-0.2, 0) is 24.8 Å². The van der Waals surface area contributed by atoms with Gasteiger partial charge in [0.05, 0.1) is 23.5 Å². The highest BCUT2D eigenvalue weighted by molar-refractivity contribution is 6.04. The van der Waals surface area contributed by atoms with E-state index in [1.165, 1.54) is 4.68 Å². The summed E-state index contributed by atoms with van der Waals surface area (Å²) in [5.74, 6) is -0.0538. The predicted octanol–water partition coefficient (Wildman–Crippen LogP) is 2.69. The van der Waals surface area contributed by atoms with Crippen LogP contribution in [-0.4, -0.2) is 31.4 Å². The van der Waals surface area contributed by atoms with Gasteiger partial charge in [-0.1, -0.05) is 30.3 Å². The lowest BCUT2D eigenvalue weighted by Crippen LogP contribution is -2.16. The van der Waals surface area contributed by atoms with E-state index in [0.717, 1.165) is 23.5 Å². The largest absolute Gasteiger partial charge is 0.317 e. The summed E-state index contributed by atoms with van der Waals surface area (Å²) >= 11 is 0. The first-order valence-electron chi connectivity index (χ1n) is 9.12. The fraction of sp³-hybridized carbons (Fsp3) is 0.300. The van der Waals surface area contributed by atoms with Gasteiger partial charge >= 0.3 is 0 Å². The van der Waals surface area contributed by atoms with Crippen LogP contribution in [0.5, 0.6) is 0 Å². The van der Waals surface area contributed by atoms with Crippen molar-refractivity contribution in [2.75, 3.05) is 10.6 Å². The van der Waals surface area contributed by atoms with E-state index in [1.54, 1.807) is 13.1 Å². The van der Waals surface area contributed by atoms with Gasteiger partial charge in [0.1, 0.15) is 5.82 Å². The van der Waals surface area contributed by atoms with Gasteiger partial charge in [0, 0.05) is 19.7 Å². The number of rotatable bonds is 6. The summed E-state index contributed by atoms with van der Waals surface area (Å²) < 4.78 is 3.31. The van der Waals surface area contributed by atoms with E-state index < -0.39 is 0 Å². The number of nitrogens with zero attached hydrogens (tertiary/aromatic N) is 4. The number of anilines is 2. The highest BCUT2D eigenvalue weighted by atomic mass is 16.2. The van der Waals surface area contributed by atoms with Crippen molar-refractivity contribution in [1.82, 2.24) is 19.6 Å². The first-order chi connectivity index (χ1) is 13.4. The van der Waals surface area contributed by atoms with Crippen LogP contribution < -0.4 is 10.6 Å². The first kappa shape index (κ1) is 19.3. The van der Waals surface area contributed by atoms with Crippen molar-refractivity contribution in [2.24, 2.45) is 7.05 Å². The van der Waals surface area contributed by atoms with E-state index in [1.807, 2.05) is 55.8 Å². The fourth-order valence-corrected chi connectivity index (χ4v) is 3.03. The molecule has 0 aliphatic carbocycles. The van der Waals surface area contributed by atoms with Gasteiger partial charge in [-0.05, 0) is 26.3 Å². The summed E-state index contributed by atoms with van der Waals surface area (Å²) in [6.45, 7) is 6.48.